The van der Waals surface area contributed by atoms with Gasteiger partial charge in [0.25, 0.3) is 0 Å². The van der Waals surface area contributed by atoms with Crippen LogP contribution in [0.4, 0.5) is 0 Å². The summed E-state index contributed by atoms with van der Waals surface area (Å²) in [6.07, 6.45) is 2.08. The van der Waals surface area contributed by atoms with Gasteiger partial charge in [-0.2, -0.15) is 0 Å². The second kappa shape index (κ2) is 4.67. The average Bonchev–Trinajstić information content (AvgIpc) is 2.71. The zero-order valence-electron chi connectivity index (χ0n) is 9.53. The van der Waals surface area contributed by atoms with Crippen LogP contribution in [0.3, 0.4) is 0 Å². The highest BCUT2D eigenvalue weighted by Crippen LogP contribution is 2.21. The fourth-order valence-electron chi connectivity index (χ4n) is 2.38. The van der Waals surface area contributed by atoms with Gasteiger partial charge < -0.3 is 10.1 Å². The van der Waals surface area contributed by atoms with Crippen molar-refractivity contribution in [2.75, 3.05) is 13.1 Å². The molecule has 0 radical (unpaired) electrons. The number of ether oxygens (including phenoxy) is 1. The third-order valence-electron chi connectivity index (χ3n) is 3.23. The van der Waals surface area contributed by atoms with E-state index in [1.807, 2.05) is 18.2 Å². The van der Waals surface area contributed by atoms with Crippen LogP contribution in [0.2, 0.25) is 5.02 Å². The molecule has 1 aromatic carbocycles. The lowest BCUT2D eigenvalue weighted by Crippen LogP contribution is -2.41. The Morgan fingerprint density at radius 1 is 1.47 bits per heavy atom. The van der Waals surface area contributed by atoms with Crippen LogP contribution in [-0.2, 0) is 11.2 Å². The summed E-state index contributed by atoms with van der Waals surface area (Å²) in [7, 11) is 0. The summed E-state index contributed by atoms with van der Waals surface area (Å²) in [4.78, 5) is 4.62. The first-order chi connectivity index (χ1) is 8.31. The number of piperidine rings is 1. The lowest BCUT2D eigenvalue weighted by Gasteiger charge is -2.23. The van der Waals surface area contributed by atoms with Crippen molar-refractivity contribution in [3.8, 4) is 0 Å². The maximum Gasteiger partial charge on any atom is 0.188 e. The van der Waals surface area contributed by atoms with Crippen LogP contribution in [0, 0.1) is 0 Å². The first-order valence-corrected chi connectivity index (χ1v) is 6.37. The highest BCUT2D eigenvalue weighted by molar-refractivity contribution is 6.30. The second-order valence-electron chi connectivity index (χ2n) is 4.55. The average molecular weight is 251 g/mol. The number of rotatable bonds is 2. The van der Waals surface area contributed by atoms with Gasteiger partial charge in [-0.25, -0.2) is 4.99 Å². The molecule has 0 spiro atoms. The molecule has 0 saturated carbocycles. The maximum atomic E-state index is 5.96. The van der Waals surface area contributed by atoms with Gasteiger partial charge in [-0.15, -0.1) is 0 Å². The van der Waals surface area contributed by atoms with Gasteiger partial charge in [0.2, 0.25) is 0 Å². The molecule has 1 aromatic rings. The van der Waals surface area contributed by atoms with Crippen molar-refractivity contribution >= 4 is 17.5 Å². The summed E-state index contributed by atoms with van der Waals surface area (Å²) in [5, 5.41) is 4.11. The van der Waals surface area contributed by atoms with E-state index in [9.17, 15) is 0 Å². The molecule has 2 atom stereocenters. The van der Waals surface area contributed by atoms with Crippen LogP contribution in [-0.4, -0.2) is 31.1 Å². The third kappa shape index (κ3) is 2.45. The normalized spacial score (nSPS) is 27.2. The van der Waals surface area contributed by atoms with Crippen LogP contribution < -0.4 is 5.32 Å². The van der Waals surface area contributed by atoms with Crippen LogP contribution in [0.5, 0.6) is 0 Å². The van der Waals surface area contributed by atoms with E-state index < -0.39 is 0 Å². The second-order valence-corrected chi connectivity index (χ2v) is 4.98. The van der Waals surface area contributed by atoms with E-state index in [1.165, 1.54) is 0 Å². The molecule has 90 valence electrons. The molecule has 2 unspecified atom stereocenters. The molecule has 1 saturated heterocycles. The zero-order valence-corrected chi connectivity index (χ0v) is 10.3. The number of nitrogens with one attached hydrogen (secondary N) is 1. The Balaban J connectivity index is 1.70. The van der Waals surface area contributed by atoms with E-state index in [1.54, 1.807) is 0 Å². The molecule has 3 nitrogen and oxygen atoms in total. The molecule has 2 aliphatic rings. The van der Waals surface area contributed by atoms with E-state index in [2.05, 4.69) is 16.4 Å². The summed E-state index contributed by atoms with van der Waals surface area (Å²) in [6.45, 7) is 1.96. The van der Waals surface area contributed by atoms with Gasteiger partial charge in [0, 0.05) is 18.0 Å². The monoisotopic (exact) mass is 250 g/mol. The van der Waals surface area contributed by atoms with E-state index in [4.69, 9.17) is 16.3 Å². The van der Waals surface area contributed by atoms with Crippen molar-refractivity contribution in [1.82, 2.24) is 5.32 Å². The molecule has 3 rings (SSSR count). The summed E-state index contributed by atoms with van der Waals surface area (Å²) in [5.41, 5.74) is 1.16. The lowest BCUT2D eigenvalue weighted by molar-refractivity contribution is 0.158. The quantitative estimate of drug-likeness (QED) is 0.872. The van der Waals surface area contributed by atoms with Crippen LogP contribution in [0.15, 0.2) is 29.3 Å². The summed E-state index contributed by atoms with van der Waals surface area (Å²) in [6, 6.07) is 8.16. The molecule has 0 bridgehead atoms. The largest absolute Gasteiger partial charge is 0.475 e. The highest BCUT2D eigenvalue weighted by Gasteiger charge is 2.32. The first kappa shape index (κ1) is 11.1. The van der Waals surface area contributed by atoms with Gasteiger partial charge >= 0.3 is 0 Å². The van der Waals surface area contributed by atoms with Gasteiger partial charge in [0.1, 0.15) is 12.1 Å². The molecular weight excluding hydrogens is 236 g/mol. The lowest BCUT2D eigenvalue weighted by atomic mass is 10.1. The number of benzene rings is 1. The Hall–Kier alpha value is -1.06. The Kier molecular flexibility index (Phi) is 3.04. The van der Waals surface area contributed by atoms with Gasteiger partial charge in [0.15, 0.2) is 5.90 Å². The van der Waals surface area contributed by atoms with Crippen LogP contribution >= 0.6 is 11.6 Å². The minimum Gasteiger partial charge on any atom is -0.475 e. The molecule has 4 heteroatoms. The molecule has 17 heavy (non-hydrogen) atoms. The fraction of sp³-hybridized carbons (Fsp3) is 0.462. The van der Waals surface area contributed by atoms with Crippen molar-refractivity contribution in [2.24, 2.45) is 4.99 Å². The zero-order chi connectivity index (χ0) is 11.7. The minimum atomic E-state index is 0.283. The number of hydrogen-bond acceptors (Lipinski definition) is 3. The third-order valence-corrected chi connectivity index (χ3v) is 3.46. The van der Waals surface area contributed by atoms with Crippen molar-refractivity contribution < 1.29 is 4.74 Å². The minimum absolute atomic E-state index is 0.283. The van der Waals surface area contributed by atoms with E-state index in [-0.39, 0.29) is 6.10 Å². The standard InChI is InChI=1S/C13H15ClN2O/c14-10-3-1-2-9(6-10)7-13-16-11-8-15-5-4-12(11)17-13/h1-3,6,11-12,15H,4-5,7-8H2. The molecule has 0 aromatic heterocycles. The highest BCUT2D eigenvalue weighted by atomic mass is 35.5. The van der Waals surface area contributed by atoms with Gasteiger partial charge in [-0.3, -0.25) is 0 Å². The van der Waals surface area contributed by atoms with E-state index in [0.29, 0.717) is 6.04 Å². The molecule has 1 N–H and O–H groups in total. The predicted molar refractivity (Wildman–Crippen MR) is 68.7 cm³/mol. The summed E-state index contributed by atoms with van der Waals surface area (Å²) < 4.78 is 5.88. The van der Waals surface area contributed by atoms with Gasteiger partial charge in [-0.05, 0) is 30.7 Å². The first-order valence-electron chi connectivity index (χ1n) is 6.00. The number of halogens is 1. The molecule has 0 amide bonds. The van der Waals surface area contributed by atoms with E-state index >= 15 is 0 Å². The molecule has 2 aliphatic heterocycles. The number of aliphatic imine (C=N–C) groups is 1. The van der Waals surface area contributed by atoms with Crippen molar-refractivity contribution in [3.05, 3.63) is 34.9 Å². The predicted octanol–water partition coefficient (Wildman–Crippen LogP) is 2.04. The van der Waals surface area contributed by atoms with Crippen molar-refractivity contribution in [2.45, 2.75) is 25.0 Å². The Morgan fingerprint density at radius 2 is 2.41 bits per heavy atom. The van der Waals surface area contributed by atoms with Crippen molar-refractivity contribution in [3.63, 3.8) is 0 Å². The number of nitrogens with zero attached hydrogens (tertiary/aromatic N) is 1. The van der Waals surface area contributed by atoms with Crippen LogP contribution in [0.25, 0.3) is 0 Å². The maximum absolute atomic E-state index is 5.96. The molecule has 0 aliphatic carbocycles. The Bertz CT molecular complexity index is 447. The molecular formula is C13H15ClN2O. The number of fused-ring (bicyclic) bond motifs is 1. The van der Waals surface area contributed by atoms with Crippen LogP contribution in [0.1, 0.15) is 12.0 Å². The Morgan fingerprint density at radius 3 is 3.24 bits per heavy atom. The molecule has 2 heterocycles. The Labute approximate surface area is 106 Å². The van der Waals surface area contributed by atoms with Gasteiger partial charge in [-0.1, -0.05) is 23.7 Å². The SMILES string of the molecule is Clc1cccc(CC2=NC3CNCCC3O2)c1. The van der Waals surface area contributed by atoms with Crippen molar-refractivity contribution in [1.29, 1.82) is 0 Å². The topological polar surface area (TPSA) is 33.6 Å². The fourth-order valence-corrected chi connectivity index (χ4v) is 2.60. The van der Waals surface area contributed by atoms with Gasteiger partial charge in [0.05, 0.1) is 0 Å². The van der Waals surface area contributed by atoms with E-state index in [0.717, 1.165) is 42.4 Å². The summed E-state index contributed by atoms with van der Waals surface area (Å²) >= 11 is 5.96. The smallest absolute Gasteiger partial charge is 0.188 e. The molecule has 1 fully saturated rings. The summed E-state index contributed by atoms with van der Waals surface area (Å²) in [5.74, 6) is 0.853. The number of hydrogen-bond donors (Lipinski definition) is 1.